The fourth-order valence-corrected chi connectivity index (χ4v) is 3.18. The molecule has 0 aromatic heterocycles. The van der Waals surface area contributed by atoms with Crippen molar-refractivity contribution in [2.24, 2.45) is 0 Å². The SMILES string of the molecule is CCOc1ccc(/C=C2\C(=O)N(c3ccc(C)cc3)C(C)=C2C(=O)OC)cc1. The Labute approximate surface area is 164 Å². The van der Waals surface area contributed by atoms with E-state index >= 15 is 0 Å². The van der Waals surface area contributed by atoms with E-state index in [9.17, 15) is 9.59 Å². The van der Waals surface area contributed by atoms with Crippen LogP contribution in [0.1, 0.15) is 25.0 Å². The zero-order valence-corrected chi connectivity index (χ0v) is 16.5. The third-order valence-electron chi connectivity index (χ3n) is 4.58. The number of rotatable bonds is 5. The van der Waals surface area contributed by atoms with Crippen LogP contribution in [0.4, 0.5) is 5.69 Å². The smallest absolute Gasteiger partial charge is 0.340 e. The number of esters is 1. The highest BCUT2D eigenvalue weighted by molar-refractivity contribution is 6.23. The van der Waals surface area contributed by atoms with Crippen LogP contribution >= 0.6 is 0 Å². The molecule has 1 aliphatic rings. The van der Waals surface area contributed by atoms with E-state index < -0.39 is 5.97 Å². The average Bonchev–Trinajstić information content (AvgIpc) is 2.94. The lowest BCUT2D eigenvalue weighted by atomic mass is 10.0. The number of allylic oxidation sites excluding steroid dienone is 1. The van der Waals surface area contributed by atoms with Crippen molar-refractivity contribution in [3.63, 3.8) is 0 Å². The topological polar surface area (TPSA) is 55.8 Å². The molecule has 0 saturated carbocycles. The number of aryl methyl sites for hydroxylation is 1. The molecule has 0 fully saturated rings. The zero-order chi connectivity index (χ0) is 20.3. The van der Waals surface area contributed by atoms with Gasteiger partial charge in [0.2, 0.25) is 0 Å². The minimum Gasteiger partial charge on any atom is -0.494 e. The summed E-state index contributed by atoms with van der Waals surface area (Å²) in [7, 11) is 1.32. The first-order chi connectivity index (χ1) is 13.5. The van der Waals surface area contributed by atoms with Crippen molar-refractivity contribution in [2.75, 3.05) is 18.6 Å². The Morgan fingerprint density at radius 1 is 1.04 bits per heavy atom. The normalized spacial score (nSPS) is 15.4. The standard InChI is InChI=1S/C23H23NO4/c1-5-28-19-12-8-17(9-13-19)14-20-21(23(26)27-4)16(3)24(22(20)25)18-10-6-15(2)7-11-18/h6-14H,5H2,1-4H3/b20-14-. The van der Waals surface area contributed by atoms with Crippen molar-refractivity contribution in [1.29, 1.82) is 0 Å². The second-order valence-electron chi connectivity index (χ2n) is 6.49. The maximum Gasteiger partial charge on any atom is 0.340 e. The van der Waals surface area contributed by atoms with Crippen LogP contribution in [0.25, 0.3) is 6.08 Å². The van der Waals surface area contributed by atoms with Crippen LogP contribution in [0.15, 0.2) is 65.4 Å². The number of hydrogen-bond acceptors (Lipinski definition) is 4. The number of ether oxygens (including phenoxy) is 2. The van der Waals surface area contributed by atoms with Crippen molar-refractivity contribution >= 4 is 23.6 Å². The minimum absolute atomic E-state index is 0.254. The Kier molecular flexibility index (Phi) is 5.64. The molecule has 0 bridgehead atoms. The largest absolute Gasteiger partial charge is 0.494 e. The van der Waals surface area contributed by atoms with Crippen molar-refractivity contribution in [2.45, 2.75) is 20.8 Å². The molecular formula is C23H23NO4. The van der Waals surface area contributed by atoms with Crippen LogP contribution in [0.5, 0.6) is 5.75 Å². The van der Waals surface area contributed by atoms with Gasteiger partial charge in [-0.2, -0.15) is 0 Å². The van der Waals surface area contributed by atoms with Crippen LogP contribution in [0.2, 0.25) is 0 Å². The van der Waals surface area contributed by atoms with Crippen LogP contribution < -0.4 is 9.64 Å². The van der Waals surface area contributed by atoms with Gasteiger partial charge >= 0.3 is 5.97 Å². The van der Waals surface area contributed by atoms with Crippen molar-refractivity contribution in [3.8, 4) is 5.75 Å². The average molecular weight is 377 g/mol. The van der Waals surface area contributed by atoms with E-state index in [0.717, 1.165) is 16.9 Å². The summed E-state index contributed by atoms with van der Waals surface area (Å²) in [6, 6.07) is 15.0. The molecular weight excluding hydrogens is 354 g/mol. The lowest BCUT2D eigenvalue weighted by Gasteiger charge is -2.18. The Morgan fingerprint density at radius 2 is 1.68 bits per heavy atom. The molecule has 0 radical (unpaired) electrons. The first-order valence-electron chi connectivity index (χ1n) is 9.11. The Morgan fingerprint density at radius 3 is 2.25 bits per heavy atom. The molecule has 0 spiro atoms. The van der Waals surface area contributed by atoms with Crippen LogP contribution in [0, 0.1) is 6.92 Å². The number of methoxy groups -OCH3 is 1. The maximum atomic E-state index is 13.2. The molecule has 28 heavy (non-hydrogen) atoms. The van der Waals surface area contributed by atoms with E-state index in [2.05, 4.69) is 0 Å². The van der Waals surface area contributed by atoms with E-state index in [1.807, 2.05) is 62.4 Å². The number of carbonyl (C=O) groups is 2. The fourth-order valence-electron chi connectivity index (χ4n) is 3.18. The molecule has 0 saturated heterocycles. The summed E-state index contributed by atoms with van der Waals surface area (Å²) in [5, 5.41) is 0. The van der Waals surface area contributed by atoms with Gasteiger partial charge < -0.3 is 9.47 Å². The molecule has 144 valence electrons. The zero-order valence-electron chi connectivity index (χ0n) is 16.5. The number of benzene rings is 2. The van der Waals surface area contributed by atoms with Gasteiger partial charge in [-0.3, -0.25) is 9.69 Å². The second kappa shape index (κ2) is 8.13. The Bertz CT molecular complexity index is 953. The number of nitrogens with zero attached hydrogens (tertiary/aromatic N) is 1. The van der Waals surface area contributed by atoms with Crippen LogP contribution in [-0.2, 0) is 14.3 Å². The number of hydrogen-bond donors (Lipinski definition) is 0. The highest BCUT2D eigenvalue weighted by atomic mass is 16.5. The summed E-state index contributed by atoms with van der Waals surface area (Å²) in [4.78, 5) is 27.2. The number of anilines is 1. The fraction of sp³-hybridized carbons (Fsp3) is 0.217. The van der Waals surface area contributed by atoms with Gasteiger partial charge in [-0.25, -0.2) is 4.79 Å². The van der Waals surface area contributed by atoms with E-state index in [4.69, 9.17) is 9.47 Å². The molecule has 0 N–H and O–H groups in total. The molecule has 5 heteroatoms. The molecule has 1 heterocycles. The summed E-state index contributed by atoms with van der Waals surface area (Å²) in [5.41, 5.74) is 3.75. The molecule has 1 amide bonds. The highest BCUT2D eigenvalue weighted by Gasteiger charge is 2.37. The number of amides is 1. The molecule has 2 aromatic carbocycles. The van der Waals surface area contributed by atoms with E-state index in [1.165, 1.54) is 7.11 Å². The van der Waals surface area contributed by atoms with Gasteiger partial charge in [0.25, 0.3) is 5.91 Å². The Hall–Kier alpha value is -3.34. The van der Waals surface area contributed by atoms with Gasteiger partial charge in [-0.1, -0.05) is 29.8 Å². The van der Waals surface area contributed by atoms with Crippen molar-refractivity contribution in [3.05, 3.63) is 76.5 Å². The van der Waals surface area contributed by atoms with Gasteiger partial charge in [0.15, 0.2) is 0 Å². The molecule has 5 nitrogen and oxygen atoms in total. The summed E-state index contributed by atoms with van der Waals surface area (Å²) in [5.74, 6) is -0.0307. The monoisotopic (exact) mass is 377 g/mol. The van der Waals surface area contributed by atoms with Crippen LogP contribution in [0.3, 0.4) is 0 Å². The third kappa shape index (κ3) is 3.69. The predicted octanol–water partition coefficient (Wildman–Crippen LogP) is 4.27. The molecule has 1 aliphatic heterocycles. The predicted molar refractivity (Wildman–Crippen MR) is 109 cm³/mol. The quantitative estimate of drug-likeness (QED) is 0.577. The van der Waals surface area contributed by atoms with Crippen molar-refractivity contribution < 1.29 is 19.1 Å². The second-order valence-corrected chi connectivity index (χ2v) is 6.49. The molecule has 0 unspecified atom stereocenters. The van der Waals surface area contributed by atoms with Gasteiger partial charge in [0.05, 0.1) is 24.9 Å². The Balaban J connectivity index is 2.05. The van der Waals surface area contributed by atoms with Crippen LogP contribution in [-0.4, -0.2) is 25.6 Å². The van der Waals surface area contributed by atoms with E-state index in [-0.39, 0.29) is 11.5 Å². The first kappa shape index (κ1) is 19.4. The first-order valence-corrected chi connectivity index (χ1v) is 9.11. The third-order valence-corrected chi connectivity index (χ3v) is 4.58. The van der Waals surface area contributed by atoms with Gasteiger partial charge in [-0.15, -0.1) is 0 Å². The van der Waals surface area contributed by atoms with Gasteiger partial charge in [0, 0.05) is 11.4 Å². The summed E-state index contributed by atoms with van der Waals surface area (Å²) >= 11 is 0. The molecule has 3 rings (SSSR count). The highest BCUT2D eigenvalue weighted by Crippen LogP contribution is 2.35. The van der Waals surface area contributed by atoms with Crippen molar-refractivity contribution in [1.82, 2.24) is 0 Å². The number of carbonyl (C=O) groups excluding carboxylic acids is 2. The minimum atomic E-state index is -0.530. The summed E-state index contributed by atoms with van der Waals surface area (Å²) < 4.78 is 10.4. The molecule has 0 aliphatic carbocycles. The van der Waals surface area contributed by atoms with E-state index in [0.29, 0.717) is 23.6 Å². The van der Waals surface area contributed by atoms with Gasteiger partial charge in [0.1, 0.15) is 5.75 Å². The lowest BCUT2D eigenvalue weighted by Crippen LogP contribution is -2.24. The lowest BCUT2D eigenvalue weighted by molar-refractivity contribution is -0.136. The van der Waals surface area contributed by atoms with Gasteiger partial charge in [-0.05, 0) is 56.7 Å². The summed E-state index contributed by atoms with van der Waals surface area (Å²) in [6.07, 6.45) is 1.71. The molecule has 2 aromatic rings. The summed E-state index contributed by atoms with van der Waals surface area (Å²) in [6.45, 7) is 6.24. The molecule has 0 atom stereocenters. The van der Waals surface area contributed by atoms with E-state index in [1.54, 1.807) is 17.9 Å². The maximum absolute atomic E-state index is 13.2.